The Balaban J connectivity index is 2.26. The average molecular weight is 195 g/mol. The number of hydrogen-bond donors (Lipinski definition) is 2. The molecule has 5 heteroatoms. The van der Waals surface area contributed by atoms with Gasteiger partial charge in [0.1, 0.15) is 11.8 Å². The summed E-state index contributed by atoms with van der Waals surface area (Å²) in [6.07, 6.45) is 1.47. The maximum Gasteiger partial charge on any atom is 0.309 e. The zero-order valence-corrected chi connectivity index (χ0v) is 7.27. The van der Waals surface area contributed by atoms with Crippen molar-refractivity contribution in [2.75, 3.05) is 0 Å². The quantitative estimate of drug-likeness (QED) is 0.721. The molecule has 0 radical (unpaired) electrons. The number of amides is 1. The largest absolute Gasteiger partial charge is 0.481 e. The predicted octanol–water partition coefficient (Wildman–Crippen LogP) is 0.541. The second-order valence-electron chi connectivity index (χ2n) is 3.21. The monoisotopic (exact) mass is 195 g/mol. The summed E-state index contributed by atoms with van der Waals surface area (Å²) < 4.78 is 5.07. The first kappa shape index (κ1) is 8.80. The highest BCUT2D eigenvalue weighted by Crippen LogP contribution is 2.30. The highest BCUT2D eigenvalue weighted by Gasteiger charge is 2.39. The van der Waals surface area contributed by atoms with E-state index in [-0.39, 0.29) is 12.3 Å². The third-order valence-electron chi connectivity index (χ3n) is 2.29. The predicted molar refractivity (Wildman–Crippen MR) is 45.3 cm³/mol. The van der Waals surface area contributed by atoms with Crippen LogP contribution in [0.2, 0.25) is 0 Å². The Morgan fingerprint density at radius 2 is 2.43 bits per heavy atom. The zero-order valence-electron chi connectivity index (χ0n) is 7.27. The van der Waals surface area contributed by atoms with Crippen molar-refractivity contribution < 1.29 is 19.1 Å². The van der Waals surface area contributed by atoms with Gasteiger partial charge >= 0.3 is 5.97 Å². The first-order chi connectivity index (χ1) is 6.68. The van der Waals surface area contributed by atoms with Crippen molar-refractivity contribution in [1.29, 1.82) is 0 Å². The molecule has 0 spiro atoms. The van der Waals surface area contributed by atoms with Crippen LogP contribution in [-0.2, 0) is 9.59 Å². The molecular weight excluding hydrogens is 186 g/mol. The lowest BCUT2D eigenvalue weighted by Gasteiger charge is -2.11. The van der Waals surface area contributed by atoms with Crippen LogP contribution in [-0.4, -0.2) is 17.0 Å². The topological polar surface area (TPSA) is 79.5 Å². The molecule has 2 unspecified atom stereocenters. The van der Waals surface area contributed by atoms with E-state index in [0.717, 1.165) is 0 Å². The van der Waals surface area contributed by atoms with Crippen LogP contribution in [0.15, 0.2) is 22.8 Å². The van der Waals surface area contributed by atoms with Gasteiger partial charge in [-0.1, -0.05) is 0 Å². The Morgan fingerprint density at radius 3 is 3.00 bits per heavy atom. The SMILES string of the molecule is O=C1CC(C(=O)O)C(c2ccco2)N1. The van der Waals surface area contributed by atoms with Crippen molar-refractivity contribution >= 4 is 11.9 Å². The molecule has 5 nitrogen and oxygen atoms in total. The first-order valence-corrected chi connectivity index (χ1v) is 4.24. The van der Waals surface area contributed by atoms with Gasteiger partial charge in [-0.05, 0) is 12.1 Å². The highest BCUT2D eigenvalue weighted by atomic mass is 16.4. The van der Waals surface area contributed by atoms with Crippen molar-refractivity contribution in [2.24, 2.45) is 5.92 Å². The summed E-state index contributed by atoms with van der Waals surface area (Å²) in [6.45, 7) is 0. The molecule has 1 amide bonds. The van der Waals surface area contributed by atoms with Gasteiger partial charge in [-0.2, -0.15) is 0 Å². The molecule has 2 N–H and O–H groups in total. The van der Waals surface area contributed by atoms with Gasteiger partial charge in [0.15, 0.2) is 0 Å². The molecule has 1 aromatic rings. The van der Waals surface area contributed by atoms with Crippen LogP contribution in [0.4, 0.5) is 0 Å². The van der Waals surface area contributed by atoms with E-state index in [2.05, 4.69) is 5.32 Å². The van der Waals surface area contributed by atoms with E-state index >= 15 is 0 Å². The van der Waals surface area contributed by atoms with E-state index in [1.807, 2.05) is 0 Å². The number of hydrogen-bond acceptors (Lipinski definition) is 3. The van der Waals surface area contributed by atoms with Crippen LogP contribution in [0.5, 0.6) is 0 Å². The van der Waals surface area contributed by atoms with Gasteiger partial charge in [-0.3, -0.25) is 9.59 Å². The maximum atomic E-state index is 11.0. The van der Waals surface area contributed by atoms with E-state index in [1.54, 1.807) is 12.1 Å². The van der Waals surface area contributed by atoms with E-state index in [0.29, 0.717) is 5.76 Å². The molecule has 14 heavy (non-hydrogen) atoms. The molecule has 2 rings (SSSR count). The number of aliphatic carboxylic acids is 1. The van der Waals surface area contributed by atoms with Gasteiger partial charge in [-0.25, -0.2) is 0 Å². The van der Waals surface area contributed by atoms with E-state index in [4.69, 9.17) is 9.52 Å². The molecule has 1 aliphatic rings. The van der Waals surface area contributed by atoms with Crippen molar-refractivity contribution in [3.63, 3.8) is 0 Å². The average Bonchev–Trinajstić information content (AvgIpc) is 2.70. The lowest BCUT2D eigenvalue weighted by molar-refractivity contribution is -0.142. The number of nitrogens with one attached hydrogen (secondary N) is 1. The number of carboxylic acid groups (broad SMARTS) is 1. The number of carboxylic acids is 1. The van der Waals surface area contributed by atoms with Crippen LogP contribution in [0.1, 0.15) is 18.2 Å². The molecule has 1 aromatic heterocycles. The van der Waals surface area contributed by atoms with Gasteiger partial charge < -0.3 is 14.8 Å². The third-order valence-corrected chi connectivity index (χ3v) is 2.29. The lowest BCUT2D eigenvalue weighted by Crippen LogP contribution is -2.23. The second kappa shape index (κ2) is 3.17. The van der Waals surface area contributed by atoms with Gasteiger partial charge in [0, 0.05) is 6.42 Å². The summed E-state index contributed by atoms with van der Waals surface area (Å²) in [6, 6.07) is 2.79. The standard InChI is InChI=1S/C9H9NO4/c11-7-4-5(9(12)13)8(10-7)6-2-1-3-14-6/h1-3,5,8H,4H2,(H,10,11)(H,12,13). The Bertz CT molecular complexity index is 357. The van der Waals surface area contributed by atoms with Crippen LogP contribution in [0.3, 0.4) is 0 Å². The molecule has 74 valence electrons. The number of furan rings is 1. The number of carbonyl (C=O) groups excluding carboxylic acids is 1. The highest BCUT2D eigenvalue weighted by molar-refractivity contribution is 5.87. The summed E-state index contributed by atoms with van der Waals surface area (Å²) in [5.74, 6) is -1.47. The fourth-order valence-electron chi connectivity index (χ4n) is 1.62. The first-order valence-electron chi connectivity index (χ1n) is 4.24. The molecule has 0 aliphatic carbocycles. The van der Waals surface area contributed by atoms with Gasteiger partial charge in [0.2, 0.25) is 5.91 Å². The van der Waals surface area contributed by atoms with E-state index in [9.17, 15) is 9.59 Å². The summed E-state index contributed by atoms with van der Waals surface area (Å²) >= 11 is 0. The second-order valence-corrected chi connectivity index (χ2v) is 3.21. The minimum absolute atomic E-state index is 0.0146. The third kappa shape index (κ3) is 1.37. The maximum absolute atomic E-state index is 11.0. The summed E-state index contributed by atoms with van der Waals surface area (Å²) in [5, 5.41) is 11.4. The van der Waals surface area contributed by atoms with Gasteiger partial charge in [0.05, 0.1) is 12.2 Å². The molecule has 2 heterocycles. The fourth-order valence-corrected chi connectivity index (χ4v) is 1.62. The van der Waals surface area contributed by atoms with Crippen molar-refractivity contribution in [1.82, 2.24) is 5.32 Å². The fraction of sp³-hybridized carbons (Fsp3) is 0.333. The van der Waals surface area contributed by atoms with E-state index in [1.165, 1.54) is 6.26 Å². The lowest BCUT2D eigenvalue weighted by atomic mass is 9.99. The minimum Gasteiger partial charge on any atom is -0.481 e. The summed E-state index contributed by atoms with van der Waals surface area (Å²) in [4.78, 5) is 21.9. The molecule has 1 aliphatic heterocycles. The zero-order chi connectivity index (χ0) is 10.1. The Kier molecular flexibility index (Phi) is 1.99. The van der Waals surface area contributed by atoms with Crippen molar-refractivity contribution in [2.45, 2.75) is 12.5 Å². The van der Waals surface area contributed by atoms with Gasteiger partial charge in [0.25, 0.3) is 0 Å². The molecule has 1 saturated heterocycles. The molecule has 0 saturated carbocycles. The molecule has 1 fully saturated rings. The Morgan fingerprint density at radius 1 is 1.64 bits per heavy atom. The number of rotatable bonds is 2. The Hall–Kier alpha value is -1.78. The molecule has 0 bridgehead atoms. The van der Waals surface area contributed by atoms with E-state index < -0.39 is 17.9 Å². The summed E-state index contributed by atoms with van der Waals surface area (Å²) in [5.41, 5.74) is 0. The number of carbonyl (C=O) groups is 2. The molecular formula is C9H9NO4. The van der Waals surface area contributed by atoms with Crippen LogP contribution in [0, 0.1) is 5.92 Å². The normalized spacial score (nSPS) is 26.1. The van der Waals surface area contributed by atoms with Crippen LogP contribution < -0.4 is 5.32 Å². The van der Waals surface area contributed by atoms with Crippen LogP contribution in [0.25, 0.3) is 0 Å². The van der Waals surface area contributed by atoms with Crippen molar-refractivity contribution in [3.05, 3.63) is 24.2 Å². The summed E-state index contributed by atoms with van der Waals surface area (Å²) in [7, 11) is 0. The Labute approximate surface area is 79.7 Å². The minimum atomic E-state index is -0.982. The smallest absolute Gasteiger partial charge is 0.309 e. The molecule has 2 atom stereocenters. The van der Waals surface area contributed by atoms with Crippen LogP contribution >= 0.6 is 0 Å². The van der Waals surface area contributed by atoms with Crippen molar-refractivity contribution in [3.8, 4) is 0 Å². The van der Waals surface area contributed by atoms with Gasteiger partial charge in [-0.15, -0.1) is 0 Å². The molecule has 0 aromatic carbocycles.